The van der Waals surface area contributed by atoms with Gasteiger partial charge in [-0.25, -0.2) is 0 Å². The van der Waals surface area contributed by atoms with Crippen LogP contribution in [0.5, 0.6) is 17.2 Å². The zero-order chi connectivity index (χ0) is 20.4. The highest BCUT2D eigenvalue weighted by molar-refractivity contribution is 8.27. The van der Waals surface area contributed by atoms with Gasteiger partial charge < -0.3 is 14.2 Å². The predicted octanol–water partition coefficient (Wildman–Crippen LogP) is 4.74. The number of aryl methyl sites for hydroxylation is 2. The molecule has 0 unspecified atom stereocenters. The highest BCUT2D eigenvalue weighted by Crippen LogP contribution is 2.40. The third-order valence-electron chi connectivity index (χ3n) is 4.41. The van der Waals surface area contributed by atoms with Crippen LogP contribution in [0.4, 0.5) is 5.69 Å². The highest BCUT2D eigenvalue weighted by atomic mass is 32.2. The SMILES string of the molecule is COc1cc(OC)c(OC)cc1/C=C1\SC(=S)N(c2ccc(C)cc2C)C1=O. The molecule has 0 aliphatic carbocycles. The van der Waals surface area contributed by atoms with Gasteiger partial charge in [-0.15, -0.1) is 0 Å². The Bertz CT molecular complexity index is 985. The van der Waals surface area contributed by atoms with Crippen LogP contribution in [0.1, 0.15) is 16.7 Å². The van der Waals surface area contributed by atoms with Crippen LogP contribution in [0, 0.1) is 13.8 Å². The smallest absolute Gasteiger partial charge is 0.270 e. The number of anilines is 1. The number of carbonyl (C=O) groups is 1. The average Bonchev–Trinajstić information content (AvgIpc) is 2.95. The summed E-state index contributed by atoms with van der Waals surface area (Å²) in [6.45, 7) is 3.99. The van der Waals surface area contributed by atoms with E-state index in [0.29, 0.717) is 32.0 Å². The summed E-state index contributed by atoms with van der Waals surface area (Å²) in [6.07, 6.45) is 1.77. The zero-order valence-electron chi connectivity index (χ0n) is 16.4. The van der Waals surface area contributed by atoms with Crippen LogP contribution in [0.3, 0.4) is 0 Å². The van der Waals surface area contributed by atoms with Crippen molar-refractivity contribution in [2.75, 3.05) is 26.2 Å². The molecule has 5 nitrogen and oxygen atoms in total. The molecule has 1 saturated heterocycles. The summed E-state index contributed by atoms with van der Waals surface area (Å²) < 4.78 is 16.6. The zero-order valence-corrected chi connectivity index (χ0v) is 18.0. The van der Waals surface area contributed by atoms with E-state index in [9.17, 15) is 4.79 Å². The first-order chi connectivity index (χ1) is 13.4. The fraction of sp³-hybridized carbons (Fsp3) is 0.238. The van der Waals surface area contributed by atoms with Crippen molar-refractivity contribution in [2.45, 2.75) is 13.8 Å². The third-order valence-corrected chi connectivity index (χ3v) is 5.71. The number of hydrogen-bond donors (Lipinski definition) is 0. The number of methoxy groups -OCH3 is 3. The number of hydrogen-bond acceptors (Lipinski definition) is 6. The second-order valence-corrected chi connectivity index (χ2v) is 7.93. The lowest BCUT2D eigenvalue weighted by atomic mass is 10.1. The monoisotopic (exact) mass is 415 g/mol. The number of thiocarbonyl (C=S) groups is 1. The first-order valence-corrected chi connectivity index (χ1v) is 9.77. The van der Waals surface area contributed by atoms with Gasteiger partial charge in [-0.3, -0.25) is 9.69 Å². The molecule has 0 bridgehead atoms. The molecule has 0 N–H and O–H groups in total. The first kappa shape index (κ1) is 20.2. The van der Waals surface area contributed by atoms with Crippen molar-refractivity contribution in [3.63, 3.8) is 0 Å². The van der Waals surface area contributed by atoms with E-state index in [-0.39, 0.29) is 5.91 Å². The van der Waals surface area contributed by atoms with Crippen LogP contribution in [-0.2, 0) is 4.79 Å². The summed E-state index contributed by atoms with van der Waals surface area (Å²) >= 11 is 6.75. The van der Waals surface area contributed by atoms with Gasteiger partial charge >= 0.3 is 0 Å². The van der Waals surface area contributed by atoms with E-state index in [1.165, 1.54) is 11.8 Å². The van der Waals surface area contributed by atoms with Gasteiger partial charge in [0.15, 0.2) is 15.8 Å². The van der Waals surface area contributed by atoms with Crippen LogP contribution in [0.15, 0.2) is 35.2 Å². The Balaban J connectivity index is 2.02. The van der Waals surface area contributed by atoms with E-state index in [4.69, 9.17) is 26.4 Å². The van der Waals surface area contributed by atoms with Gasteiger partial charge in [0.1, 0.15) is 5.75 Å². The molecule has 3 rings (SSSR count). The molecule has 0 radical (unpaired) electrons. The number of rotatable bonds is 5. The van der Waals surface area contributed by atoms with Crippen molar-refractivity contribution in [2.24, 2.45) is 0 Å². The van der Waals surface area contributed by atoms with Gasteiger partial charge in [0.2, 0.25) is 0 Å². The Morgan fingerprint density at radius 1 is 0.964 bits per heavy atom. The molecule has 7 heteroatoms. The molecule has 2 aromatic rings. The van der Waals surface area contributed by atoms with Gasteiger partial charge in [-0.05, 0) is 37.6 Å². The average molecular weight is 416 g/mol. The number of amides is 1. The highest BCUT2D eigenvalue weighted by Gasteiger charge is 2.34. The number of carbonyl (C=O) groups excluding carboxylic acids is 1. The number of nitrogens with zero attached hydrogens (tertiary/aromatic N) is 1. The van der Waals surface area contributed by atoms with Crippen LogP contribution < -0.4 is 19.1 Å². The van der Waals surface area contributed by atoms with E-state index in [1.807, 2.05) is 32.0 Å². The van der Waals surface area contributed by atoms with Crippen LogP contribution in [0.25, 0.3) is 6.08 Å². The topological polar surface area (TPSA) is 48.0 Å². The maximum atomic E-state index is 13.1. The molecule has 0 spiro atoms. The summed E-state index contributed by atoms with van der Waals surface area (Å²) in [5.74, 6) is 1.53. The normalized spacial score (nSPS) is 15.3. The Morgan fingerprint density at radius 3 is 2.21 bits per heavy atom. The van der Waals surface area contributed by atoms with Crippen molar-refractivity contribution in [3.05, 3.63) is 51.9 Å². The largest absolute Gasteiger partial charge is 0.496 e. The van der Waals surface area contributed by atoms with E-state index in [0.717, 1.165) is 16.8 Å². The van der Waals surface area contributed by atoms with Gasteiger partial charge in [0.05, 0.1) is 31.9 Å². The van der Waals surface area contributed by atoms with Crippen molar-refractivity contribution in [1.29, 1.82) is 0 Å². The van der Waals surface area contributed by atoms with E-state index >= 15 is 0 Å². The molecule has 0 saturated carbocycles. The van der Waals surface area contributed by atoms with Gasteiger partial charge in [0, 0.05) is 11.6 Å². The molecule has 146 valence electrons. The second-order valence-electron chi connectivity index (χ2n) is 6.26. The van der Waals surface area contributed by atoms with Gasteiger partial charge in [-0.1, -0.05) is 41.7 Å². The predicted molar refractivity (Wildman–Crippen MR) is 118 cm³/mol. The molecule has 0 aromatic heterocycles. The van der Waals surface area contributed by atoms with E-state index in [2.05, 4.69) is 0 Å². The molecule has 2 aromatic carbocycles. The molecule has 1 aliphatic heterocycles. The van der Waals surface area contributed by atoms with Crippen LogP contribution in [-0.4, -0.2) is 31.6 Å². The molecular weight excluding hydrogens is 394 g/mol. The van der Waals surface area contributed by atoms with Crippen molar-refractivity contribution < 1.29 is 19.0 Å². The minimum Gasteiger partial charge on any atom is -0.496 e. The molecule has 1 aliphatic rings. The van der Waals surface area contributed by atoms with Crippen molar-refractivity contribution in [3.8, 4) is 17.2 Å². The van der Waals surface area contributed by atoms with E-state index < -0.39 is 0 Å². The Labute approximate surface area is 174 Å². The Kier molecular flexibility index (Phi) is 5.96. The fourth-order valence-corrected chi connectivity index (χ4v) is 4.31. The lowest BCUT2D eigenvalue weighted by Crippen LogP contribution is -2.28. The van der Waals surface area contributed by atoms with E-state index in [1.54, 1.807) is 44.4 Å². The first-order valence-electron chi connectivity index (χ1n) is 8.54. The second kappa shape index (κ2) is 8.24. The Hall–Kier alpha value is -2.51. The summed E-state index contributed by atoms with van der Waals surface area (Å²) in [7, 11) is 4.69. The minimum absolute atomic E-state index is 0.154. The quantitative estimate of drug-likeness (QED) is 0.520. The molecule has 28 heavy (non-hydrogen) atoms. The van der Waals surface area contributed by atoms with Crippen LogP contribution in [0.2, 0.25) is 0 Å². The summed E-state index contributed by atoms with van der Waals surface area (Å²) in [6, 6.07) is 9.45. The summed E-state index contributed by atoms with van der Waals surface area (Å²) in [4.78, 5) is 15.2. The maximum Gasteiger partial charge on any atom is 0.270 e. The number of benzene rings is 2. The molecule has 1 amide bonds. The van der Waals surface area contributed by atoms with Crippen molar-refractivity contribution >= 4 is 46.0 Å². The Morgan fingerprint density at radius 2 is 1.61 bits per heavy atom. The fourth-order valence-electron chi connectivity index (χ4n) is 3.04. The lowest BCUT2D eigenvalue weighted by molar-refractivity contribution is -0.113. The molecule has 0 atom stereocenters. The standard InChI is InChI=1S/C21H21NO4S2/c1-12-6-7-15(13(2)8-12)22-20(23)19(28-21(22)27)10-14-9-17(25-4)18(26-5)11-16(14)24-3/h6-11H,1-5H3/b19-10-. The number of thioether (sulfide) groups is 1. The third kappa shape index (κ3) is 3.72. The van der Waals surface area contributed by atoms with Crippen molar-refractivity contribution in [1.82, 2.24) is 0 Å². The lowest BCUT2D eigenvalue weighted by Gasteiger charge is -2.17. The van der Waals surface area contributed by atoms with Crippen LogP contribution >= 0.6 is 24.0 Å². The molecule has 1 fully saturated rings. The number of ether oxygens (including phenoxy) is 3. The maximum absolute atomic E-state index is 13.1. The summed E-state index contributed by atoms with van der Waals surface area (Å²) in [5.41, 5.74) is 3.65. The summed E-state index contributed by atoms with van der Waals surface area (Å²) in [5, 5.41) is 0. The van der Waals surface area contributed by atoms with Gasteiger partial charge in [-0.2, -0.15) is 0 Å². The van der Waals surface area contributed by atoms with Gasteiger partial charge in [0.25, 0.3) is 5.91 Å². The molecular formula is C21H21NO4S2. The minimum atomic E-state index is -0.154. The molecule has 1 heterocycles.